The molecule has 0 N–H and O–H groups in total. The minimum absolute atomic E-state index is 0.826. The third-order valence-electron chi connectivity index (χ3n) is 0.447. The summed E-state index contributed by atoms with van der Waals surface area (Å²) in [5.74, 6) is 0. The molecule has 0 aliphatic carbocycles. The van der Waals surface area contributed by atoms with Crippen molar-refractivity contribution in [3.05, 3.63) is 5.32 Å². The van der Waals surface area contributed by atoms with Crippen molar-refractivity contribution in [1.82, 2.24) is 0 Å². The van der Waals surface area contributed by atoms with E-state index in [-0.39, 0.29) is 0 Å². The molecule has 0 saturated carbocycles. The van der Waals surface area contributed by atoms with Gasteiger partial charge >= 0.3 is 37.9 Å². The number of hydrogen-bond donors (Lipinski definition) is 0. The second-order valence-corrected chi connectivity index (χ2v) is 4.66. The Balaban J connectivity index is 0. The van der Waals surface area contributed by atoms with E-state index in [4.69, 9.17) is 17.0 Å². The molecular weight excluding hydrogens is 224 g/mol. The Bertz CT molecular complexity index is 28.0. The summed E-state index contributed by atoms with van der Waals surface area (Å²) in [5.41, 5.74) is 0. The van der Waals surface area contributed by atoms with Crippen LogP contribution in [0.25, 0.3) is 5.32 Å². The fourth-order valence-electron chi connectivity index (χ4n) is 0.224. The third-order valence-corrected chi connectivity index (χ3v) is 0.447. The molecule has 0 aromatic rings. The number of rotatable bonds is 2. The average Bonchev–Trinajstić information content (AvgIpc) is 1.71. The second kappa shape index (κ2) is 15.8. The van der Waals surface area contributed by atoms with Crippen molar-refractivity contribution in [2.45, 2.75) is 13.8 Å². The van der Waals surface area contributed by atoms with Crippen LogP contribution in [-0.4, -0.2) is 13.1 Å². The fraction of sp³-hybridized carbons (Fsp3) is 1.00. The molecular formula is C4H10Cl2NZr-. The predicted octanol–water partition coefficient (Wildman–Crippen LogP) is 2.78. The fourth-order valence-corrected chi connectivity index (χ4v) is 0.224. The Labute approximate surface area is 69.8 Å². The maximum atomic E-state index is 4.93. The predicted molar refractivity (Wildman–Crippen MR) is 36.1 cm³/mol. The summed E-state index contributed by atoms with van der Waals surface area (Å²) >= 11 is -0.826. The van der Waals surface area contributed by atoms with Gasteiger partial charge in [0.05, 0.1) is 0 Å². The van der Waals surface area contributed by atoms with Crippen molar-refractivity contribution in [2.24, 2.45) is 0 Å². The molecule has 4 heteroatoms. The molecule has 0 heterocycles. The molecule has 1 nitrogen and oxygen atoms in total. The van der Waals surface area contributed by atoms with Crippen LogP contribution in [0.4, 0.5) is 0 Å². The molecule has 0 rings (SSSR count). The Morgan fingerprint density at radius 2 is 1.50 bits per heavy atom. The molecule has 0 aromatic heterocycles. The van der Waals surface area contributed by atoms with Crippen LogP contribution in [0.1, 0.15) is 13.8 Å². The van der Waals surface area contributed by atoms with Crippen molar-refractivity contribution >= 4 is 17.0 Å². The molecule has 0 spiro atoms. The molecule has 8 heavy (non-hydrogen) atoms. The molecule has 0 aliphatic rings. The molecule has 0 unspecified atom stereocenters. The summed E-state index contributed by atoms with van der Waals surface area (Å²) in [6.45, 7) is 6.03. The number of nitrogens with zero attached hydrogens (tertiary/aromatic N) is 1. The molecule has 0 saturated heterocycles. The van der Waals surface area contributed by atoms with Gasteiger partial charge in [-0.25, -0.2) is 0 Å². The van der Waals surface area contributed by atoms with Gasteiger partial charge in [0, 0.05) is 0 Å². The Morgan fingerprint density at radius 1 is 1.25 bits per heavy atom. The van der Waals surface area contributed by atoms with Crippen LogP contribution in [0.15, 0.2) is 0 Å². The van der Waals surface area contributed by atoms with Gasteiger partial charge in [0.15, 0.2) is 0 Å². The first-order valence-electron chi connectivity index (χ1n) is 2.42. The molecule has 0 bridgehead atoms. The van der Waals surface area contributed by atoms with Crippen LogP contribution in [0.3, 0.4) is 0 Å². The normalized spacial score (nSPS) is 7.00. The average molecular weight is 234 g/mol. The van der Waals surface area contributed by atoms with Gasteiger partial charge in [-0.3, -0.25) is 0 Å². The second-order valence-electron chi connectivity index (χ2n) is 0.927. The zero-order valence-corrected chi connectivity index (χ0v) is 9.09. The molecule has 0 aliphatic heterocycles. The Hall–Kier alpha value is 1.42. The maximum absolute atomic E-state index is 4.93. The van der Waals surface area contributed by atoms with Crippen LogP contribution in [0.2, 0.25) is 0 Å². The standard InChI is InChI=1S/C4H10N.2ClH.Zr/c1-3-5-4-2;;;/h3-4H2,1-2H3;2*1H;/q-1;;;+2/p-2. The van der Waals surface area contributed by atoms with E-state index in [9.17, 15) is 0 Å². The SMILES string of the molecule is CC[N-]CC.[Cl][Zr][Cl]. The van der Waals surface area contributed by atoms with Gasteiger partial charge in [0.25, 0.3) is 0 Å². The van der Waals surface area contributed by atoms with Crippen LogP contribution >= 0.6 is 17.0 Å². The van der Waals surface area contributed by atoms with Crippen LogP contribution in [-0.2, 0) is 20.8 Å². The Kier molecular flexibility index (Phi) is 23.9. The monoisotopic (exact) mass is 232 g/mol. The first-order chi connectivity index (χ1) is 3.83. The number of halogens is 2. The molecule has 0 atom stereocenters. The van der Waals surface area contributed by atoms with E-state index in [0.29, 0.717) is 0 Å². The molecule has 0 amide bonds. The van der Waals surface area contributed by atoms with Crippen molar-refractivity contribution in [3.63, 3.8) is 0 Å². The molecule has 0 aromatic carbocycles. The molecule has 0 fully saturated rings. The summed E-state index contributed by atoms with van der Waals surface area (Å²) in [6, 6.07) is 0. The van der Waals surface area contributed by atoms with E-state index in [2.05, 4.69) is 5.32 Å². The van der Waals surface area contributed by atoms with Crippen molar-refractivity contribution in [2.75, 3.05) is 13.1 Å². The topological polar surface area (TPSA) is 14.1 Å². The zero-order valence-electron chi connectivity index (χ0n) is 5.12. The van der Waals surface area contributed by atoms with Gasteiger partial charge in [0.1, 0.15) is 0 Å². The van der Waals surface area contributed by atoms with Crippen molar-refractivity contribution in [1.29, 1.82) is 0 Å². The van der Waals surface area contributed by atoms with E-state index in [1.165, 1.54) is 0 Å². The van der Waals surface area contributed by atoms with E-state index in [0.717, 1.165) is 13.1 Å². The molecule has 0 radical (unpaired) electrons. The first kappa shape index (κ1) is 12.1. The summed E-state index contributed by atoms with van der Waals surface area (Å²) in [7, 11) is 9.87. The van der Waals surface area contributed by atoms with Crippen molar-refractivity contribution < 1.29 is 20.8 Å². The van der Waals surface area contributed by atoms with Crippen molar-refractivity contribution in [3.8, 4) is 0 Å². The summed E-state index contributed by atoms with van der Waals surface area (Å²) < 4.78 is 0. The van der Waals surface area contributed by atoms with Gasteiger partial charge in [-0.2, -0.15) is 13.1 Å². The van der Waals surface area contributed by atoms with E-state index >= 15 is 0 Å². The van der Waals surface area contributed by atoms with E-state index < -0.39 is 20.8 Å². The summed E-state index contributed by atoms with van der Waals surface area (Å²) in [4.78, 5) is 0. The van der Waals surface area contributed by atoms with Gasteiger partial charge < -0.3 is 5.32 Å². The van der Waals surface area contributed by atoms with Gasteiger partial charge in [-0.15, -0.1) is 0 Å². The van der Waals surface area contributed by atoms with Crippen LogP contribution in [0.5, 0.6) is 0 Å². The van der Waals surface area contributed by atoms with Gasteiger partial charge in [-0.05, 0) is 0 Å². The van der Waals surface area contributed by atoms with Gasteiger partial charge in [-0.1, -0.05) is 13.8 Å². The van der Waals surface area contributed by atoms with Gasteiger partial charge in [0.2, 0.25) is 0 Å². The van der Waals surface area contributed by atoms with Crippen LogP contribution in [0, 0.1) is 0 Å². The van der Waals surface area contributed by atoms with E-state index in [1.807, 2.05) is 13.8 Å². The number of hydrogen-bond acceptors (Lipinski definition) is 0. The molecule has 50 valence electrons. The Morgan fingerprint density at radius 3 is 1.50 bits per heavy atom. The minimum atomic E-state index is -0.826. The third kappa shape index (κ3) is 26.1. The van der Waals surface area contributed by atoms with Crippen LogP contribution < -0.4 is 0 Å². The summed E-state index contributed by atoms with van der Waals surface area (Å²) in [6.07, 6.45) is 0. The van der Waals surface area contributed by atoms with E-state index in [1.54, 1.807) is 0 Å². The first-order valence-corrected chi connectivity index (χ1v) is 8.75. The zero-order chi connectivity index (χ0) is 6.83. The summed E-state index contributed by atoms with van der Waals surface area (Å²) in [5, 5.41) is 3.97. The quantitative estimate of drug-likeness (QED) is 0.697.